The highest BCUT2D eigenvalue weighted by Crippen LogP contribution is 2.24. The summed E-state index contributed by atoms with van der Waals surface area (Å²) in [5.74, 6) is 0.782. The molecule has 29 heavy (non-hydrogen) atoms. The van der Waals surface area contributed by atoms with Crippen LogP contribution < -0.4 is 5.32 Å². The molecule has 6 heteroatoms. The van der Waals surface area contributed by atoms with Gasteiger partial charge in [0.05, 0.1) is 12.2 Å². The molecule has 158 valence electrons. The zero-order chi connectivity index (χ0) is 20.6. The standard InChI is InChI=1S/C23H34N4O2/c1-18(2)6-7-22(28)27-15-10-21(11-16-27)26-13-8-19(9-14-26)23(29)25-17-20-5-3-4-12-24-20/h3-7,12,18-19,21H,8-11,13-17H2,1-2H3,(H,25,29)/b7-6+. The number of hydrogen-bond acceptors (Lipinski definition) is 4. The van der Waals surface area contributed by atoms with Gasteiger partial charge in [0.25, 0.3) is 0 Å². The minimum atomic E-state index is 0.0952. The molecule has 0 radical (unpaired) electrons. The topological polar surface area (TPSA) is 65.5 Å². The highest BCUT2D eigenvalue weighted by molar-refractivity contribution is 5.87. The van der Waals surface area contributed by atoms with Crippen molar-refractivity contribution in [3.8, 4) is 0 Å². The van der Waals surface area contributed by atoms with Crippen molar-refractivity contribution < 1.29 is 9.59 Å². The van der Waals surface area contributed by atoms with Gasteiger partial charge in [0.1, 0.15) is 0 Å². The van der Waals surface area contributed by atoms with Crippen LogP contribution in [0.1, 0.15) is 45.2 Å². The molecular formula is C23H34N4O2. The molecule has 3 heterocycles. The zero-order valence-corrected chi connectivity index (χ0v) is 17.7. The maximum atomic E-state index is 12.5. The van der Waals surface area contributed by atoms with Gasteiger partial charge < -0.3 is 15.1 Å². The summed E-state index contributed by atoms with van der Waals surface area (Å²) in [6, 6.07) is 6.28. The van der Waals surface area contributed by atoms with Gasteiger partial charge in [-0.2, -0.15) is 0 Å². The SMILES string of the molecule is CC(C)/C=C/C(=O)N1CCC(N2CCC(C(=O)NCc3ccccn3)CC2)CC1. The second-order valence-corrected chi connectivity index (χ2v) is 8.51. The van der Waals surface area contributed by atoms with E-state index < -0.39 is 0 Å². The summed E-state index contributed by atoms with van der Waals surface area (Å²) in [5.41, 5.74) is 0.892. The first-order valence-corrected chi connectivity index (χ1v) is 10.9. The zero-order valence-electron chi connectivity index (χ0n) is 17.7. The number of aromatic nitrogens is 1. The number of likely N-dealkylation sites (tertiary alicyclic amines) is 2. The molecule has 1 N–H and O–H groups in total. The van der Waals surface area contributed by atoms with Crippen molar-refractivity contribution in [3.63, 3.8) is 0 Å². The molecule has 0 aliphatic carbocycles. The summed E-state index contributed by atoms with van der Waals surface area (Å²) in [6.07, 6.45) is 9.31. The van der Waals surface area contributed by atoms with Gasteiger partial charge in [-0.3, -0.25) is 14.6 Å². The summed E-state index contributed by atoms with van der Waals surface area (Å²) in [4.78, 5) is 33.5. The number of nitrogens with one attached hydrogen (secondary N) is 1. The first kappa shape index (κ1) is 21.5. The molecule has 1 aromatic heterocycles. The minimum absolute atomic E-state index is 0.0952. The van der Waals surface area contributed by atoms with E-state index in [1.165, 1.54) is 0 Å². The fourth-order valence-corrected chi connectivity index (χ4v) is 4.18. The summed E-state index contributed by atoms with van der Waals surface area (Å²) >= 11 is 0. The molecule has 3 rings (SSSR count). The van der Waals surface area contributed by atoms with Crippen molar-refractivity contribution in [2.24, 2.45) is 11.8 Å². The van der Waals surface area contributed by atoms with Crippen LogP contribution in [0.25, 0.3) is 0 Å². The third kappa shape index (κ3) is 6.39. The average Bonchev–Trinajstić information content (AvgIpc) is 2.76. The van der Waals surface area contributed by atoms with Gasteiger partial charge in [0, 0.05) is 31.2 Å². The minimum Gasteiger partial charge on any atom is -0.350 e. The van der Waals surface area contributed by atoms with Gasteiger partial charge in [0.2, 0.25) is 11.8 Å². The second kappa shape index (κ2) is 10.5. The molecule has 0 saturated carbocycles. The van der Waals surface area contributed by atoms with Crippen molar-refractivity contribution in [2.45, 2.75) is 52.1 Å². The number of pyridine rings is 1. The Labute approximate surface area is 174 Å². The van der Waals surface area contributed by atoms with Crippen molar-refractivity contribution >= 4 is 11.8 Å². The van der Waals surface area contributed by atoms with Crippen LogP contribution >= 0.6 is 0 Å². The van der Waals surface area contributed by atoms with Crippen molar-refractivity contribution in [2.75, 3.05) is 26.2 Å². The van der Waals surface area contributed by atoms with Crippen LogP contribution in [0, 0.1) is 11.8 Å². The van der Waals surface area contributed by atoms with Gasteiger partial charge in [-0.25, -0.2) is 0 Å². The fourth-order valence-electron chi connectivity index (χ4n) is 4.18. The Bertz CT molecular complexity index is 688. The van der Waals surface area contributed by atoms with Crippen LogP contribution in [0.4, 0.5) is 0 Å². The molecular weight excluding hydrogens is 364 g/mol. The molecule has 0 bridgehead atoms. The number of nitrogens with zero attached hydrogens (tertiary/aromatic N) is 3. The highest BCUT2D eigenvalue weighted by atomic mass is 16.2. The lowest BCUT2D eigenvalue weighted by molar-refractivity contribution is -0.129. The molecule has 0 aromatic carbocycles. The predicted molar refractivity (Wildman–Crippen MR) is 114 cm³/mol. The Morgan fingerprint density at radius 1 is 1.14 bits per heavy atom. The van der Waals surface area contributed by atoms with Crippen molar-refractivity contribution in [1.82, 2.24) is 20.1 Å². The van der Waals surface area contributed by atoms with Crippen molar-refractivity contribution in [1.29, 1.82) is 0 Å². The maximum Gasteiger partial charge on any atom is 0.246 e. The molecule has 2 fully saturated rings. The van der Waals surface area contributed by atoms with Crippen LogP contribution in [-0.4, -0.2) is 58.8 Å². The highest BCUT2D eigenvalue weighted by Gasteiger charge is 2.31. The smallest absolute Gasteiger partial charge is 0.246 e. The third-order valence-corrected chi connectivity index (χ3v) is 5.99. The molecule has 0 atom stereocenters. The van der Waals surface area contributed by atoms with E-state index in [4.69, 9.17) is 0 Å². The van der Waals surface area contributed by atoms with Gasteiger partial charge in [-0.15, -0.1) is 0 Å². The average molecular weight is 399 g/mol. The molecule has 0 unspecified atom stereocenters. The molecule has 2 saturated heterocycles. The van der Waals surface area contributed by atoms with E-state index >= 15 is 0 Å². The number of carbonyl (C=O) groups excluding carboxylic acids is 2. The molecule has 1 aromatic rings. The van der Waals surface area contributed by atoms with E-state index in [0.717, 1.165) is 57.6 Å². The maximum absolute atomic E-state index is 12.5. The van der Waals surface area contributed by atoms with Crippen LogP contribution in [0.5, 0.6) is 0 Å². The Balaban J connectivity index is 1.37. The van der Waals surface area contributed by atoms with Crippen LogP contribution in [0.2, 0.25) is 0 Å². The van der Waals surface area contributed by atoms with E-state index in [9.17, 15) is 9.59 Å². The van der Waals surface area contributed by atoms with E-state index in [1.807, 2.05) is 29.2 Å². The van der Waals surface area contributed by atoms with Gasteiger partial charge in [0.15, 0.2) is 0 Å². The molecule has 0 spiro atoms. The lowest BCUT2D eigenvalue weighted by atomic mass is 9.92. The normalized spacial score (nSPS) is 19.8. The van der Waals surface area contributed by atoms with E-state index in [0.29, 0.717) is 18.5 Å². The fraction of sp³-hybridized carbons (Fsp3) is 0.609. The Kier molecular flexibility index (Phi) is 7.81. The van der Waals surface area contributed by atoms with E-state index in [2.05, 4.69) is 29.0 Å². The van der Waals surface area contributed by atoms with Gasteiger partial charge in [-0.1, -0.05) is 26.0 Å². The van der Waals surface area contributed by atoms with Gasteiger partial charge >= 0.3 is 0 Å². The number of allylic oxidation sites excluding steroid dienone is 1. The number of hydrogen-bond donors (Lipinski definition) is 1. The number of piperidine rings is 2. The second-order valence-electron chi connectivity index (χ2n) is 8.51. The molecule has 2 aliphatic rings. The Morgan fingerprint density at radius 2 is 1.86 bits per heavy atom. The lowest BCUT2D eigenvalue weighted by Gasteiger charge is -2.41. The summed E-state index contributed by atoms with van der Waals surface area (Å²) < 4.78 is 0. The number of rotatable bonds is 6. The van der Waals surface area contributed by atoms with Crippen molar-refractivity contribution in [3.05, 3.63) is 42.2 Å². The monoisotopic (exact) mass is 398 g/mol. The summed E-state index contributed by atoms with van der Waals surface area (Å²) in [5, 5.41) is 3.03. The summed E-state index contributed by atoms with van der Waals surface area (Å²) in [6.45, 7) is 8.25. The van der Waals surface area contributed by atoms with Crippen LogP contribution in [0.3, 0.4) is 0 Å². The third-order valence-electron chi connectivity index (χ3n) is 5.99. The largest absolute Gasteiger partial charge is 0.350 e. The van der Waals surface area contributed by atoms with Crippen LogP contribution in [0.15, 0.2) is 36.5 Å². The molecule has 2 amide bonds. The molecule has 6 nitrogen and oxygen atoms in total. The summed E-state index contributed by atoms with van der Waals surface area (Å²) in [7, 11) is 0. The van der Waals surface area contributed by atoms with E-state index in [1.54, 1.807) is 12.3 Å². The van der Waals surface area contributed by atoms with E-state index in [-0.39, 0.29) is 17.7 Å². The van der Waals surface area contributed by atoms with Crippen LogP contribution in [-0.2, 0) is 16.1 Å². The first-order chi connectivity index (χ1) is 14.0. The number of amides is 2. The quantitative estimate of drug-likeness (QED) is 0.748. The number of carbonyl (C=O) groups is 2. The lowest BCUT2D eigenvalue weighted by Crippen LogP contribution is -2.50. The Morgan fingerprint density at radius 3 is 2.48 bits per heavy atom. The van der Waals surface area contributed by atoms with Gasteiger partial charge in [-0.05, 0) is 62.9 Å². The first-order valence-electron chi connectivity index (χ1n) is 10.9. The molecule has 2 aliphatic heterocycles. The predicted octanol–water partition coefficient (Wildman–Crippen LogP) is 2.61. The Hall–Kier alpha value is -2.21.